The second-order valence-corrected chi connectivity index (χ2v) is 4.73. The molecule has 7 heteroatoms. The molecule has 2 aromatic carbocycles. The van der Waals surface area contributed by atoms with Crippen LogP contribution in [0.5, 0.6) is 0 Å². The molecule has 0 aromatic heterocycles. The molecule has 0 saturated heterocycles. The van der Waals surface area contributed by atoms with Gasteiger partial charge >= 0.3 is 6.18 Å². The third-order valence-corrected chi connectivity index (χ3v) is 2.95. The van der Waals surface area contributed by atoms with E-state index in [0.29, 0.717) is 5.56 Å². The van der Waals surface area contributed by atoms with Gasteiger partial charge in [0.25, 0.3) is 5.91 Å². The Morgan fingerprint density at radius 2 is 1.55 bits per heavy atom. The van der Waals surface area contributed by atoms with Crippen LogP contribution in [0.15, 0.2) is 54.6 Å². The summed E-state index contributed by atoms with van der Waals surface area (Å²) in [4.78, 5) is 11.9. The van der Waals surface area contributed by atoms with Gasteiger partial charge in [-0.25, -0.2) is 0 Å². The maximum absolute atomic E-state index is 12.9. The summed E-state index contributed by atoms with van der Waals surface area (Å²) in [5.41, 5.74) is -0.713. The van der Waals surface area contributed by atoms with Crippen molar-refractivity contribution in [3.63, 3.8) is 0 Å². The number of amides is 1. The largest absolute Gasteiger partial charge is 0.418 e. The zero-order valence-corrected chi connectivity index (χ0v) is 12.0. The minimum absolute atomic E-state index is 0.203. The van der Waals surface area contributed by atoms with Crippen molar-refractivity contribution in [2.45, 2.75) is 6.18 Å². The summed E-state index contributed by atoms with van der Waals surface area (Å²) in [7, 11) is 0. The van der Waals surface area contributed by atoms with Gasteiger partial charge in [0.2, 0.25) is 0 Å². The SMILES string of the molecule is O=C(NC(=S)Nc1ccccc1C(F)(F)F)c1ccccc1. The van der Waals surface area contributed by atoms with E-state index in [-0.39, 0.29) is 10.8 Å². The van der Waals surface area contributed by atoms with Crippen molar-refractivity contribution >= 4 is 28.9 Å². The highest BCUT2D eigenvalue weighted by Crippen LogP contribution is 2.34. The molecule has 1 amide bonds. The fourth-order valence-corrected chi connectivity index (χ4v) is 1.96. The van der Waals surface area contributed by atoms with E-state index in [1.165, 1.54) is 18.2 Å². The Hall–Kier alpha value is -2.41. The van der Waals surface area contributed by atoms with Gasteiger partial charge in [0, 0.05) is 5.56 Å². The van der Waals surface area contributed by atoms with Gasteiger partial charge in [-0.2, -0.15) is 13.2 Å². The number of hydrogen-bond acceptors (Lipinski definition) is 2. The van der Waals surface area contributed by atoms with Gasteiger partial charge in [0.05, 0.1) is 11.3 Å². The average Bonchev–Trinajstić information content (AvgIpc) is 2.47. The topological polar surface area (TPSA) is 41.1 Å². The molecule has 2 aromatic rings. The summed E-state index contributed by atoms with van der Waals surface area (Å²) in [5.74, 6) is -0.498. The molecule has 0 unspecified atom stereocenters. The quantitative estimate of drug-likeness (QED) is 0.825. The Morgan fingerprint density at radius 1 is 0.955 bits per heavy atom. The number of halogens is 3. The monoisotopic (exact) mass is 324 g/mol. The standard InChI is InChI=1S/C15H11F3N2OS/c16-15(17,18)11-8-4-5-9-12(11)19-14(22)20-13(21)10-6-2-1-3-7-10/h1-9H,(H2,19,20,21,22). The lowest BCUT2D eigenvalue weighted by atomic mass is 10.1. The summed E-state index contributed by atoms with van der Waals surface area (Å²) in [6.45, 7) is 0. The zero-order chi connectivity index (χ0) is 16.2. The predicted molar refractivity (Wildman–Crippen MR) is 81.6 cm³/mol. The van der Waals surface area contributed by atoms with Gasteiger partial charge in [-0.1, -0.05) is 30.3 Å². The van der Waals surface area contributed by atoms with Gasteiger partial charge in [-0.3, -0.25) is 10.1 Å². The number of thiocarbonyl (C=S) groups is 1. The lowest BCUT2D eigenvalue weighted by Crippen LogP contribution is -2.34. The molecule has 3 nitrogen and oxygen atoms in total. The van der Waals surface area contributed by atoms with Crippen LogP contribution in [0.25, 0.3) is 0 Å². The number of rotatable bonds is 2. The zero-order valence-electron chi connectivity index (χ0n) is 11.1. The van der Waals surface area contributed by atoms with Gasteiger partial charge in [0.1, 0.15) is 0 Å². The number of hydrogen-bond donors (Lipinski definition) is 2. The van der Waals surface area contributed by atoms with E-state index in [0.717, 1.165) is 6.07 Å². The summed E-state index contributed by atoms with van der Waals surface area (Å²) < 4.78 is 38.6. The van der Waals surface area contributed by atoms with Crippen molar-refractivity contribution in [2.24, 2.45) is 0 Å². The van der Waals surface area contributed by atoms with Crippen LogP contribution < -0.4 is 10.6 Å². The Balaban J connectivity index is 2.09. The number of carbonyl (C=O) groups is 1. The molecule has 22 heavy (non-hydrogen) atoms. The first kappa shape index (κ1) is 16.0. The number of benzene rings is 2. The maximum Gasteiger partial charge on any atom is 0.418 e. The van der Waals surface area contributed by atoms with Crippen molar-refractivity contribution in [3.8, 4) is 0 Å². The van der Waals surface area contributed by atoms with Crippen molar-refractivity contribution in [1.82, 2.24) is 5.32 Å². The van der Waals surface area contributed by atoms with E-state index in [4.69, 9.17) is 12.2 Å². The van der Waals surface area contributed by atoms with E-state index in [9.17, 15) is 18.0 Å². The average molecular weight is 324 g/mol. The lowest BCUT2D eigenvalue weighted by molar-refractivity contribution is -0.136. The molecule has 0 aliphatic carbocycles. The molecular weight excluding hydrogens is 313 g/mol. The molecule has 0 aliphatic rings. The molecule has 0 bridgehead atoms. The van der Waals surface area contributed by atoms with Gasteiger partial charge < -0.3 is 5.32 Å². The second kappa shape index (κ2) is 6.57. The van der Waals surface area contributed by atoms with Crippen LogP contribution in [-0.4, -0.2) is 11.0 Å². The predicted octanol–water partition coefficient (Wildman–Crippen LogP) is 3.83. The van der Waals surface area contributed by atoms with Crippen molar-refractivity contribution in [3.05, 3.63) is 65.7 Å². The number of carbonyl (C=O) groups excluding carboxylic acids is 1. The normalized spacial score (nSPS) is 10.9. The molecule has 0 radical (unpaired) electrons. The van der Waals surface area contributed by atoms with E-state index >= 15 is 0 Å². The highest BCUT2D eigenvalue weighted by molar-refractivity contribution is 7.80. The van der Waals surface area contributed by atoms with Crippen LogP contribution in [0, 0.1) is 0 Å². The molecule has 2 rings (SSSR count). The summed E-state index contributed by atoms with van der Waals surface area (Å²) in [6.07, 6.45) is -4.51. The first-order chi connectivity index (χ1) is 10.4. The summed E-state index contributed by atoms with van der Waals surface area (Å²) in [5, 5.41) is 4.53. The fourth-order valence-electron chi connectivity index (χ4n) is 1.76. The van der Waals surface area contributed by atoms with Crippen molar-refractivity contribution in [1.29, 1.82) is 0 Å². The third kappa shape index (κ3) is 4.05. The van der Waals surface area contributed by atoms with Gasteiger partial charge in [-0.15, -0.1) is 0 Å². The van der Waals surface area contributed by atoms with Crippen LogP contribution in [0.3, 0.4) is 0 Å². The van der Waals surface area contributed by atoms with Crippen LogP contribution in [0.1, 0.15) is 15.9 Å². The molecule has 0 atom stereocenters. The highest BCUT2D eigenvalue weighted by atomic mass is 32.1. The summed E-state index contributed by atoms with van der Waals surface area (Å²) in [6, 6.07) is 13.1. The van der Waals surface area contributed by atoms with Crippen LogP contribution >= 0.6 is 12.2 Å². The third-order valence-electron chi connectivity index (χ3n) is 2.74. The molecule has 0 heterocycles. The minimum Gasteiger partial charge on any atom is -0.332 e. The Kier molecular flexibility index (Phi) is 4.77. The van der Waals surface area contributed by atoms with Crippen LogP contribution in [0.4, 0.5) is 18.9 Å². The summed E-state index contributed by atoms with van der Waals surface area (Å²) >= 11 is 4.88. The molecule has 2 N–H and O–H groups in total. The molecule has 0 aliphatic heterocycles. The number of alkyl halides is 3. The van der Waals surface area contributed by atoms with E-state index in [1.54, 1.807) is 30.3 Å². The first-order valence-corrected chi connectivity index (χ1v) is 6.62. The lowest BCUT2D eigenvalue weighted by Gasteiger charge is -2.15. The molecule has 0 spiro atoms. The van der Waals surface area contributed by atoms with Crippen molar-refractivity contribution < 1.29 is 18.0 Å². The van der Waals surface area contributed by atoms with E-state index < -0.39 is 17.6 Å². The Morgan fingerprint density at radius 3 is 2.18 bits per heavy atom. The van der Waals surface area contributed by atoms with Crippen molar-refractivity contribution in [2.75, 3.05) is 5.32 Å². The number of nitrogens with one attached hydrogen (secondary N) is 2. The molecule has 0 saturated carbocycles. The van der Waals surface area contributed by atoms with Crippen LogP contribution in [-0.2, 0) is 6.18 Å². The molecular formula is C15H11F3N2OS. The minimum atomic E-state index is -4.51. The first-order valence-electron chi connectivity index (χ1n) is 6.21. The maximum atomic E-state index is 12.9. The fraction of sp³-hybridized carbons (Fsp3) is 0.0667. The number of anilines is 1. The molecule has 0 fully saturated rings. The highest BCUT2D eigenvalue weighted by Gasteiger charge is 2.33. The Bertz CT molecular complexity index is 687. The number of para-hydroxylation sites is 1. The smallest absolute Gasteiger partial charge is 0.332 e. The Labute approximate surface area is 130 Å². The second-order valence-electron chi connectivity index (χ2n) is 4.32. The van der Waals surface area contributed by atoms with Gasteiger partial charge in [-0.05, 0) is 36.5 Å². The molecule has 114 valence electrons. The van der Waals surface area contributed by atoms with Gasteiger partial charge in [0.15, 0.2) is 5.11 Å². The van der Waals surface area contributed by atoms with Crippen LogP contribution in [0.2, 0.25) is 0 Å². The van der Waals surface area contributed by atoms with E-state index in [1.807, 2.05) is 0 Å². The van der Waals surface area contributed by atoms with E-state index in [2.05, 4.69) is 10.6 Å².